The number of halogens is 4. The lowest BCUT2D eigenvalue weighted by Gasteiger charge is -2.30. The molecule has 2 N–H and O–H groups in total. The first kappa shape index (κ1) is 37.4. The molecule has 6 rings (SSSR count). The highest BCUT2D eigenvalue weighted by Crippen LogP contribution is 2.40. The summed E-state index contributed by atoms with van der Waals surface area (Å²) >= 11 is 1.15. The van der Waals surface area contributed by atoms with E-state index in [-0.39, 0.29) is 24.0 Å². The first-order chi connectivity index (χ1) is 24.4. The molecule has 0 bridgehead atoms. The number of fused-ring (bicyclic) bond motifs is 1. The number of carbonyl (C=O) groups is 1. The Bertz CT molecular complexity index is 1620. The van der Waals surface area contributed by atoms with Gasteiger partial charge in [-0.2, -0.15) is 18.3 Å². The summed E-state index contributed by atoms with van der Waals surface area (Å²) in [5.41, 5.74) is 3.67. The SMILES string of the molecule is CN(C)c1ccc(NC(=O)N2CCc3c(c(-c4ccc(C(F)(F)F)c(SCCN5CCC(F)CC5)c4)nn3C[C@@H](O)CN3CCCCC3)C2)cc1. The second kappa shape index (κ2) is 16.6. The molecule has 3 aliphatic rings. The second-order valence-electron chi connectivity index (χ2n) is 14.1. The van der Waals surface area contributed by atoms with Gasteiger partial charge in [0.1, 0.15) is 6.17 Å². The third kappa shape index (κ3) is 9.57. The van der Waals surface area contributed by atoms with Gasteiger partial charge in [-0.3, -0.25) is 4.68 Å². The Balaban J connectivity index is 1.26. The van der Waals surface area contributed by atoms with Gasteiger partial charge in [0.05, 0.1) is 30.5 Å². The maximum atomic E-state index is 14.2. The summed E-state index contributed by atoms with van der Waals surface area (Å²) in [7, 11) is 3.89. The van der Waals surface area contributed by atoms with E-state index in [1.54, 1.807) is 15.6 Å². The molecule has 278 valence electrons. The summed E-state index contributed by atoms with van der Waals surface area (Å²) in [4.78, 5) is 21.7. The predicted molar refractivity (Wildman–Crippen MR) is 194 cm³/mol. The molecule has 0 radical (unpaired) electrons. The Morgan fingerprint density at radius 3 is 2.41 bits per heavy atom. The maximum Gasteiger partial charge on any atom is 0.417 e. The highest BCUT2D eigenvalue weighted by atomic mass is 32.2. The fourth-order valence-corrected chi connectivity index (χ4v) is 8.34. The van der Waals surface area contributed by atoms with Gasteiger partial charge in [0.2, 0.25) is 0 Å². The number of benzene rings is 2. The quantitative estimate of drug-likeness (QED) is 0.170. The van der Waals surface area contributed by atoms with Crippen LogP contribution in [0.2, 0.25) is 0 Å². The molecule has 2 saturated heterocycles. The number of anilines is 2. The monoisotopic (exact) mass is 731 g/mol. The summed E-state index contributed by atoms with van der Waals surface area (Å²) < 4.78 is 58.1. The Kier molecular flexibility index (Phi) is 12.2. The number of hydrogen-bond donors (Lipinski definition) is 2. The number of nitrogens with zero attached hydrogens (tertiary/aromatic N) is 6. The number of aromatic nitrogens is 2. The number of piperidine rings is 2. The second-order valence-corrected chi connectivity index (χ2v) is 15.2. The average molecular weight is 732 g/mol. The van der Waals surface area contributed by atoms with Crippen molar-refractivity contribution in [2.75, 3.05) is 75.9 Å². The first-order valence-corrected chi connectivity index (χ1v) is 19.0. The van der Waals surface area contributed by atoms with Gasteiger partial charge in [0, 0.05) is 92.1 Å². The zero-order valence-corrected chi connectivity index (χ0v) is 30.3. The van der Waals surface area contributed by atoms with Crippen LogP contribution < -0.4 is 10.2 Å². The maximum absolute atomic E-state index is 14.2. The summed E-state index contributed by atoms with van der Waals surface area (Å²) in [6.45, 7) is 5.09. The molecule has 9 nitrogen and oxygen atoms in total. The number of nitrogens with one attached hydrogen (secondary N) is 1. The van der Waals surface area contributed by atoms with E-state index < -0.39 is 24.0 Å². The van der Waals surface area contributed by atoms with Crippen molar-refractivity contribution < 1.29 is 27.5 Å². The summed E-state index contributed by atoms with van der Waals surface area (Å²) in [6.07, 6.45) is -1.22. The molecule has 51 heavy (non-hydrogen) atoms. The Morgan fingerprint density at radius 1 is 1.00 bits per heavy atom. The van der Waals surface area contributed by atoms with Crippen molar-refractivity contribution in [2.24, 2.45) is 0 Å². The molecular weight excluding hydrogens is 683 g/mol. The van der Waals surface area contributed by atoms with E-state index in [1.807, 2.05) is 43.3 Å². The van der Waals surface area contributed by atoms with Crippen LogP contribution in [0.25, 0.3) is 11.3 Å². The zero-order valence-electron chi connectivity index (χ0n) is 29.5. The van der Waals surface area contributed by atoms with Gasteiger partial charge in [-0.25, -0.2) is 9.18 Å². The smallest absolute Gasteiger partial charge is 0.390 e. The predicted octanol–water partition coefficient (Wildman–Crippen LogP) is 6.60. The molecule has 2 amide bonds. The zero-order chi connectivity index (χ0) is 36.1. The number of alkyl halides is 4. The Labute approximate surface area is 301 Å². The van der Waals surface area contributed by atoms with Gasteiger partial charge in [-0.1, -0.05) is 12.5 Å². The average Bonchev–Trinajstić information content (AvgIpc) is 3.46. The van der Waals surface area contributed by atoms with Crippen molar-refractivity contribution in [1.82, 2.24) is 24.5 Å². The molecule has 4 heterocycles. The number of urea groups is 1. The lowest BCUT2D eigenvalue weighted by atomic mass is 10.00. The highest BCUT2D eigenvalue weighted by Gasteiger charge is 2.35. The van der Waals surface area contributed by atoms with Crippen LogP contribution in [0.4, 0.5) is 33.7 Å². The van der Waals surface area contributed by atoms with E-state index in [1.165, 1.54) is 12.5 Å². The summed E-state index contributed by atoms with van der Waals surface area (Å²) in [5.74, 6) is 0.433. The van der Waals surface area contributed by atoms with E-state index in [0.717, 1.165) is 60.7 Å². The third-order valence-electron chi connectivity index (χ3n) is 10.1. The minimum atomic E-state index is -4.54. The molecule has 0 saturated carbocycles. The van der Waals surface area contributed by atoms with E-state index in [9.17, 15) is 27.5 Å². The van der Waals surface area contributed by atoms with Crippen molar-refractivity contribution in [3.63, 3.8) is 0 Å². The van der Waals surface area contributed by atoms with Gasteiger partial charge in [-0.05, 0) is 75.2 Å². The lowest BCUT2D eigenvalue weighted by Crippen LogP contribution is -2.40. The van der Waals surface area contributed by atoms with Gasteiger partial charge >= 0.3 is 12.2 Å². The van der Waals surface area contributed by atoms with E-state index in [4.69, 9.17) is 5.10 Å². The summed E-state index contributed by atoms with van der Waals surface area (Å²) in [6, 6.07) is 11.4. The van der Waals surface area contributed by atoms with Gasteiger partial charge in [-0.15, -0.1) is 11.8 Å². The van der Waals surface area contributed by atoms with Crippen LogP contribution in [0, 0.1) is 0 Å². The van der Waals surface area contributed by atoms with E-state index in [0.29, 0.717) is 74.7 Å². The van der Waals surface area contributed by atoms with Gasteiger partial charge < -0.3 is 30.0 Å². The molecule has 1 atom stereocenters. The molecular formula is C37H49F4N7O2S. The van der Waals surface area contributed by atoms with Crippen LogP contribution in [0.3, 0.4) is 0 Å². The molecule has 2 fully saturated rings. The molecule has 1 aromatic heterocycles. The fraction of sp³-hybridized carbons (Fsp3) is 0.568. The number of thioether (sulfide) groups is 1. The van der Waals surface area contributed by atoms with Crippen LogP contribution in [-0.2, 0) is 25.7 Å². The van der Waals surface area contributed by atoms with Gasteiger partial charge in [0.25, 0.3) is 0 Å². The number of rotatable bonds is 11. The van der Waals surface area contributed by atoms with Gasteiger partial charge in [0.15, 0.2) is 0 Å². The molecule has 0 unspecified atom stereocenters. The number of β-amino-alcohol motifs (C(OH)–C–C–N with tert-alkyl or cyclic N) is 1. The number of likely N-dealkylation sites (tertiary alicyclic amines) is 2. The van der Waals surface area contributed by atoms with E-state index in [2.05, 4.69) is 15.1 Å². The fourth-order valence-electron chi connectivity index (χ4n) is 7.22. The Hall–Kier alpha value is -3.33. The standard InChI is InChI=1S/C37H49F4N7O2S/c1-44(2)29-9-7-28(8-10-29)42-36(50)47-19-14-33-31(25-47)35(43-48(33)24-30(49)23-46-15-4-3-5-16-46)26-6-11-32(37(39,40)41)34(22-26)51-21-20-45-17-12-27(38)13-18-45/h6-11,22,27,30,49H,3-5,12-21,23-25H2,1-2H3,(H,42,50)/t30-/m0/s1. The van der Waals surface area contributed by atoms with Crippen molar-refractivity contribution in [1.29, 1.82) is 0 Å². The highest BCUT2D eigenvalue weighted by molar-refractivity contribution is 7.99. The van der Waals surface area contributed by atoms with Crippen molar-refractivity contribution in [2.45, 2.75) is 75.0 Å². The number of carbonyl (C=O) groups excluding carboxylic acids is 1. The molecule has 3 aliphatic heterocycles. The topological polar surface area (TPSA) is 80.1 Å². The van der Waals surface area contributed by atoms with Crippen molar-refractivity contribution >= 4 is 29.2 Å². The lowest BCUT2D eigenvalue weighted by molar-refractivity contribution is -0.139. The van der Waals surface area contributed by atoms with Crippen LogP contribution in [0.5, 0.6) is 0 Å². The number of hydrogen-bond acceptors (Lipinski definition) is 7. The number of aliphatic hydroxyl groups is 1. The first-order valence-electron chi connectivity index (χ1n) is 18.0. The summed E-state index contributed by atoms with van der Waals surface area (Å²) in [5, 5.41) is 19.1. The third-order valence-corrected chi connectivity index (χ3v) is 11.1. The van der Waals surface area contributed by atoms with Crippen LogP contribution in [0.15, 0.2) is 47.4 Å². The molecule has 0 aliphatic carbocycles. The largest absolute Gasteiger partial charge is 0.417 e. The van der Waals surface area contributed by atoms with Crippen molar-refractivity contribution in [3.05, 3.63) is 59.3 Å². The van der Waals surface area contributed by atoms with Crippen LogP contribution >= 0.6 is 11.8 Å². The number of amides is 2. The van der Waals surface area contributed by atoms with E-state index >= 15 is 0 Å². The number of aliphatic hydroxyl groups excluding tert-OH is 1. The Morgan fingerprint density at radius 2 is 1.73 bits per heavy atom. The van der Waals surface area contributed by atoms with Crippen LogP contribution in [-0.4, -0.2) is 114 Å². The normalized spacial score (nSPS) is 18.5. The minimum absolute atomic E-state index is 0.111. The van der Waals surface area contributed by atoms with Crippen LogP contribution in [0.1, 0.15) is 48.9 Å². The molecule has 2 aromatic carbocycles. The molecule has 0 spiro atoms. The minimum Gasteiger partial charge on any atom is -0.390 e. The molecule has 3 aromatic rings. The van der Waals surface area contributed by atoms with Crippen molar-refractivity contribution in [3.8, 4) is 11.3 Å². The molecule has 14 heteroatoms.